The minimum absolute atomic E-state index is 0.0213. The molecule has 2 aromatic rings. The minimum atomic E-state index is -3.62. The van der Waals surface area contributed by atoms with Crippen molar-refractivity contribution in [3.63, 3.8) is 0 Å². The highest BCUT2D eigenvalue weighted by Crippen LogP contribution is 2.17. The van der Waals surface area contributed by atoms with E-state index in [9.17, 15) is 13.2 Å². The van der Waals surface area contributed by atoms with Crippen LogP contribution in [-0.4, -0.2) is 64.0 Å². The van der Waals surface area contributed by atoms with Crippen molar-refractivity contribution in [3.8, 4) is 5.75 Å². The van der Waals surface area contributed by atoms with Crippen molar-refractivity contribution >= 4 is 15.9 Å². The lowest BCUT2D eigenvalue weighted by Crippen LogP contribution is -2.48. The van der Waals surface area contributed by atoms with E-state index in [0.717, 1.165) is 30.9 Å². The summed E-state index contributed by atoms with van der Waals surface area (Å²) in [5.74, 6) is 1.16. The van der Waals surface area contributed by atoms with E-state index in [1.165, 1.54) is 5.56 Å². The van der Waals surface area contributed by atoms with Crippen molar-refractivity contribution in [1.29, 1.82) is 0 Å². The van der Waals surface area contributed by atoms with E-state index in [-0.39, 0.29) is 23.8 Å². The predicted molar refractivity (Wildman–Crippen MR) is 125 cm³/mol. The van der Waals surface area contributed by atoms with Crippen LogP contribution in [0.1, 0.15) is 37.3 Å². The van der Waals surface area contributed by atoms with Gasteiger partial charge in [-0.1, -0.05) is 38.1 Å². The van der Waals surface area contributed by atoms with Gasteiger partial charge in [0.1, 0.15) is 5.75 Å². The van der Waals surface area contributed by atoms with Gasteiger partial charge in [-0.3, -0.25) is 9.69 Å². The molecule has 0 atom stereocenters. The molecular formula is C24H33N3O4S. The summed E-state index contributed by atoms with van der Waals surface area (Å²) in [4.78, 5) is 16.9. The highest BCUT2D eigenvalue weighted by molar-refractivity contribution is 7.89. The number of nitrogens with zero attached hydrogens (tertiary/aromatic N) is 2. The molecule has 1 amide bonds. The van der Waals surface area contributed by atoms with Crippen LogP contribution < -0.4 is 9.46 Å². The van der Waals surface area contributed by atoms with Crippen LogP contribution in [0, 0.1) is 0 Å². The fraction of sp³-hybridized carbons (Fsp3) is 0.458. The van der Waals surface area contributed by atoms with Gasteiger partial charge in [0.2, 0.25) is 15.9 Å². The van der Waals surface area contributed by atoms with E-state index >= 15 is 0 Å². The Hall–Kier alpha value is -2.42. The molecule has 0 spiro atoms. The summed E-state index contributed by atoms with van der Waals surface area (Å²) < 4.78 is 32.7. The summed E-state index contributed by atoms with van der Waals surface area (Å²) in [6.07, 6.45) is 0.155. The maximum Gasteiger partial charge on any atom is 0.240 e. The monoisotopic (exact) mass is 459 g/mol. The predicted octanol–water partition coefficient (Wildman–Crippen LogP) is 2.83. The molecule has 1 aliphatic rings. The zero-order chi connectivity index (χ0) is 23.1. The molecule has 0 bridgehead atoms. The number of ether oxygens (including phenoxy) is 1. The van der Waals surface area contributed by atoms with Crippen LogP contribution in [0.3, 0.4) is 0 Å². The maximum absolute atomic E-state index is 12.5. The number of methoxy groups -OCH3 is 1. The van der Waals surface area contributed by atoms with Crippen LogP contribution in [0.4, 0.5) is 0 Å². The van der Waals surface area contributed by atoms with Crippen LogP contribution in [0.2, 0.25) is 0 Å². The molecule has 0 saturated carbocycles. The van der Waals surface area contributed by atoms with Gasteiger partial charge in [0.25, 0.3) is 0 Å². The van der Waals surface area contributed by atoms with Crippen molar-refractivity contribution in [2.75, 3.05) is 39.8 Å². The summed E-state index contributed by atoms with van der Waals surface area (Å²) in [5, 5.41) is 0. The Morgan fingerprint density at radius 2 is 1.62 bits per heavy atom. The number of hydrogen-bond donors (Lipinski definition) is 1. The topological polar surface area (TPSA) is 79.0 Å². The summed E-state index contributed by atoms with van der Waals surface area (Å²) in [6, 6.07) is 14.9. The Labute approximate surface area is 191 Å². The quantitative estimate of drug-likeness (QED) is 0.624. The first kappa shape index (κ1) is 24.2. The number of hydrogen-bond acceptors (Lipinski definition) is 5. The molecule has 0 radical (unpaired) electrons. The molecule has 7 nitrogen and oxygen atoms in total. The third-order valence-electron chi connectivity index (χ3n) is 5.78. The molecule has 174 valence electrons. The van der Waals surface area contributed by atoms with Gasteiger partial charge in [-0.25, -0.2) is 13.1 Å². The second kappa shape index (κ2) is 10.9. The Morgan fingerprint density at radius 1 is 1.00 bits per heavy atom. The number of carbonyl (C=O) groups excluding carboxylic acids is 1. The molecule has 1 heterocycles. The molecule has 0 aliphatic carbocycles. The second-order valence-electron chi connectivity index (χ2n) is 8.38. The Kier molecular flexibility index (Phi) is 8.28. The van der Waals surface area contributed by atoms with Crippen LogP contribution >= 0.6 is 0 Å². The lowest BCUT2D eigenvalue weighted by Gasteiger charge is -2.34. The van der Waals surface area contributed by atoms with Crippen LogP contribution in [-0.2, 0) is 21.4 Å². The number of nitrogens with one attached hydrogen (secondary N) is 1. The normalized spacial score (nSPS) is 15.2. The third kappa shape index (κ3) is 6.54. The molecule has 1 aliphatic heterocycles. The van der Waals surface area contributed by atoms with Gasteiger partial charge in [-0.05, 0) is 41.3 Å². The van der Waals surface area contributed by atoms with Crippen molar-refractivity contribution in [3.05, 3.63) is 59.7 Å². The lowest BCUT2D eigenvalue weighted by molar-refractivity contribution is -0.132. The van der Waals surface area contributed by atoms with E-state index < -0.39 is 10.0 Å². The van der Waals surface area contributed by atoms with Gasteiger partial charge in [0, 0.05) is 45.7 Å². The van der Waals surface area contributed by atoms with Crippen molar-refractivity contribution in [2.45, 2.75) is 37.6 Å². The number of amides is 1. The van der Waals surface area contributed by atoms with Crippen LogP contribution in [0.5, 0.6) is 5.75 Å². The van der Waals surface area contributed by atoms with Crippen molar-refractivity contribution in [1.82, 2.24) is 14.5 Å². The van der Waals surface area contributed by atoms with Crippen molar-refractivity contribution in [2.24, 2.45) is 0 Å². The molecule has 1 fully saturated rings. The fourth-order valence-corrected chi connectivity index (χ4v) is 4.74. The van der Waals surface area contributed by atoms with E-state index in [0.29, 0.717) is 19.0 Å². The maximum atomic E-state index is 12.5. The summed E-state index contributed by atoms with van der Waals surface area (Å²) in [6.45, 7) is 7.95. The smallest absolute Gasteiger partial charge is 0.240 e. The van der Waals surface area contributed by atoms with Crippen LogP contribution in [0.25, 0.3) is 0 Å². The number of sulfonamides is 1. The number of benzene rings is 2. The summed E-state index contributed by atoms with van der Waals surface area (Å²) in [5.41, 5.74) is 2.30. The molecular weight excluding hydrogens is 426 g/mol. The van der Waals surface area contributed by atoms with E-state index in [1.54, 1.807) is 19.2 Å². The first-order valence-corrected chi connectivity index (χ1v) is 12.5. The average molecular weight is 460 g/mol. The van der Waals surface area contributed by atoms with Gasteiger partial charge >= 0.3 is 0 Å². The molecule has 32 heavy (non-hydrogen) atoms. The molecule has 8 heteroatoms. The second-order valence-corrected chi connectivity index (χ2v) is 10.1. The van der Waals surface area contributed by atoms with Crippen molar-refractivity contribution < 1.29 is 17.9 Å². The van der Waals surface area contributed by atoms with Gasteiger partial charge in [-0.2, -0.15) is 0 Å². The molecule has 0 unspecified atom stereocenters. The van der Waals surface area contributed by atoms with Gasteiger partial charge in [-0.15, -0.1) is 0 Å². The molecule has 1 N–H and O–H groups in total. The lowest BCUT2D eigenvalue weighted by atomic mass is 10.0. The van der Waals surface area contributed by atoms with Gasteiger partial charge in [0.05, 0.1) is 12.0 Å². The zero-order valence-electron chi connectivity index (χ0n) is 19.1. The SMILES string of the molecule is COc1ccc(CN2CCN(C(=O)CCNS(=O)(=O)c3ccc(C(C)C)cc3)CC2)cc1. The van der Waals surface area contributed by atoms with Gasteiger partial charge in [0.15, 0.2) is 0 Å². The molecule has 2 aromatic carbocycles. The first-order valence-electron chi connectivity index (χ1n) is 11.0. The summed E-state index contributed by atoms with van der Waals surface area (Å²) in [7, 11) is -1.96. The molecule has 0 aromatic heterocycles. The zero-order valence-corrected chi connectivity index (χ0v) is 19.9. The number of rotatable bonds is 9. The molecule has 1 saturated heterocycles. The largest absolute Gasteiger partial charge is 0.497 e. The number of carbonyl (C=O) groups is 1. The Morgan fingerprint density at radius 3 is 2.19 bits per heavy atom. The van der Waals surface area contributed by atoms with E-state index in [1.807, 2.05) is 29.2 Å². The van der Waals surface area contributed by atoms with Gasteiger partial charge < -0.3 is 9.64 Å². The number of piperazine rings is 1. The Balaban J connectivity index is 1.41. The summed E-state index contributed by atoms with van der Waals surface area (Å²) >= 11 is 0. The van der Waals surface area contributed by atoms with Crippen LogP contribution in [0.15, 0.2) is 53.4 Å². The van der Waals surface area contributed by atoms with E-state index in [2.05, 4.69) is 35.6 Å². The Bertz CT molecular complexity index is 981. The average Bonchev–Trinajstić information content (AvgIpc) is 2.80. The highest BCUT2D eigenvalue weighted by Gasteiger charge is 2.22. The highest BCUT2D eigenvalue weighted by atomic mass is 32.2. The first-order chi connectivity index (χ1) is 15.3. The third-order valence-corrected chi connectivity index (χ3v) is 7.26. The molecule has 3 rings (SSSR count). The standard InChI is InChI=1S/C24H33N3O4S/c1-19(2)21-6-10-23(11-7-21)32(29,30)25-13-12-24(28)27-16-14-26(15-17-27)18-20-4-8-22(31-3)9-5-20/h4-11,19,25H,12-18H2,1-3H3. The fourth-order valence-electron chi connectivity index (χ4n) is 3.71. The minimum Gasteiger partial charge on any atom is -0.497 e. The van der Waals surface area contributed by atoms with E-state index in [4.69, 9.17) is 4.74 Å².